The number of anilines is 1. The Labute approximate surface area is 181 Å². The summed E-state index contributed by atoms with van der Waals surface area (Å²) >= 11 is 9.53. The maximum Gasteiger partial charge on any atom is 0.300 e. The van der Waals surface area contributed by atoms with Gasteiger partial charge in [0, 0.05) is 20.7 Å². The van der Waals surface area contributed by atoms with Gasteiger partial charge in [-0.2, -0.15) is 0 Å². The van der Waals surface area contributed by atoms with Gasteiger partial charge in [-0.1, -0.05) is 76.1 Å². The molecule has 1 saturated heterocycles. The van der Waals surface area contributed by atoms with Crippen LogP contribution in [0, 0.1) is 0 Å². The number of aliphatic hydroxyl groups excluding tert-OH is 1. The molecule has 1 heterocycles. The molecule has 1 aliphatic heterocycles. The predicted octanol–water partition coefficient (Wildman–Crippen LogP) is 5.73. The third kappa shape index (κ3) is 3.59. The van der Waals surface area contributed by atoms with Crippen LogP contribution in [0.5, 0.6) is 0 Å². The van der Waals surface area contributed by atoms with E-state index in [-0.39, 0.29) is 11.3 Å². The van der Waals surface area contributed by atoms with Gasteiger partial charge in [0.2, 0.25) is 0 Å². The zero-order chi connectivity index (χ0) is 20.5. The smallest absolute Gasteiger partial charge is 0.300 e. The number of aliphatic hydroxyl groups is 1. The minimum Gasteiger partial charge on any atom is -0.507 e. The lowest BCUT2D eigenvalue weighted by Gasteiger charge is -2.25. The van der Waals surface area contributed by atoms with E-state index in [1.54, 1.807) is 48.5 Å². The molecule has 0 aliphatic carbocycles. The zero-order valence-electron chi connectivity index (χ0n) is 15.0. The second kappa shape index (κ2) is 7.85. The van der Waals surface area contributed by atoms with Crippen molar-refractivity contribution in [1.29, 1.82) is 0 Å². The first-order valence-electron chi connectivity index (χ1n) is 8.85. The van der Waals surface area contributed by atoms with E-state index in [1.165, 1.54) is 4.90 Å². The average molecular weight is 469 g/mol. The molecule has 29 heavy (non-hydrogen) atoms. The average Bonchev–Trinajstić information content (AvgIpc) is 2.99. The van der Waals surface area contributed by atoms with Crippen molar-refractivity contribution in [3.63, 3.8) is 0 Å². The molecular formula is C23H15BrClNO3. The van der Waals surface area contributed by atoms with E-state index in [1.807, 2.05) is 30.3 Å². The molecule has 1 fully saturated rings. The summed E-state index contributed by atoms with van der Waals surface area (Å²) in [7, 11) is 0. The maximum atomic E-state index is 13.0. The summed E-state index contributed by atoms with van der Waals surface area (Å²) in [5, 5.41) is 11.4. The van der Waals surface area contributed by atoms with Crippen molar-refractivity contribution >= 4 is 50.7 Å². The topological polar surface area (TPSA) is 57.6 Å². The third-order valence-electron chi connectivity index (χ3n) is 4.76. The summed E-state index contributed by atoms with van der Waals surface area (Å²) < 4.78 is 0.865. The Morgan fingerprint density at radius 1 is 0.931 bits per heavy atom. The summed E-state index contributed by atoms with van der Waals surface area (Å²) in [5.41, 5.74) is 1.70. The van der Waals surface area contributed by atoms with Gasteiger partial charge in [-0.15, -0.1) is 0 Å². The van der Waals surface area contributed by atoms with Crippen molar-refractivity contribution < 1.29 is 14.7 Å². The standard InChI is InChI=1S/C23H15BrClNO3/c24-16-11-9-14(10-12-16)20-19(21(27)15-5-2-1-3-6-15)22(28)23(29)26(20)18-8-4-7-17(25)13-18/h1-13,20,27H/t20-/m0/s1. The number of hydrogen-bond acceptors (Lipinski definition) is 3. The van der Waals surface area contributed by atoms with Crippen molar-refractivity contribution in [2.45, 2.75) is 6.04 Å². The number of benzene rings is 3. The van der Waals surface area contributed by atoms with Gasteiger partial charge in [0.15, 0.2) is 0 Å². The second-order valence-corrected chi connectivity index (χ2v) is 7.92. The number of rotatable bonds is 3. The van der Waals surface area contributed by atoms with Gasteiger partial charge in [-0.25, -0.2) is 0 Å². The van der Waals surface area contributed by atoms with E-state index in [0.29, 0.717) is 21.8 Å². The quantitative estimate of drug-likeness (QED) is 0.303. The van der Waals surface area contributed by atoms with Crippen LogP contribution in [0.4, 0.5) is 5.69 Å². The van der Waals surface area contributed by atoms with Crippen molar-refractivity contribution in [3.05, 3.63) is 105 Å². The lowest BCUT2D eigenvalue weighted by atomic mass is 9.95. The Hall–Kier alpha value is -2.89. The molecule has 1 atom stereocenters. The van der Waals surface area contributed by atoms with Crippen LogP contribution < -0.4 is 4.90 Å². The van der Waals surface area contributed by atoms with Gasteiger partial charge in [-0.05, 0) is 35.9 Å². The van der Waals surface area contributed by atoms with E-state index in [2.05, 4.69) is 15.9 Å². The van der Waals surface area contributed by atoms with Gasteiger partial charge in [0.1, 0.15) is 5.76 Å². The number of Topliss-reactive ketones (excluding diaryl/α,β-unsaturated/α-hetero) is 1. The Morgan fingerprint density at radius 2 is 1.62 bits per heavy atom. The third-order valence-corrected chi connectivity index (χ3v) is 5.53. The highest BCUT2D eigenvalue weighted by Crippen LogP contribution is 2.42. The van der Waals surface area contributed by atoms with Crippen LogP contribution in [-0.2, 0) is 9.59 Å². The predicted molar refractivity (Wildman–Crippen MR) is 117 cm³/mol. The number of halogens is 2. The molecule has 4 rings (SSSR count). The molecule has 6 heteroatoms. The largest absolute Gasteiger partial charge is 0.507 e. The molecule has 0 aromatic heterocycles. The lowest BCUT2D eigenvalue weighted by Crippen LogP contribution is -2.29. The Bertz CT molecular complexity index is 1130. The van der Waals surface area contributed by atoms with Gasteiger partial charge >= 0.3 is 0 Å². The highest BCUT2D eigenvalue weighted by Gasteiger charge is 2.46. The maximum absolute atomic E-state index is 13.0. The van der Waals surface area contributed by atoms with Crippen molar-refractivity contribution in [1.82, 2.24) is 0 Å². The van der Waals surface area contributed by atoms with Crippen molar-refractivity contribution in [3.8, 4) is 0 Å². The SMILES string of the molecule is O=C1C(=O)N(c2cccc(Cl)c2)[C@@H](c2ccc(Br)cc2)C1=C(O)c1ccccc1. The molecule has 1 aliphatic rings. The molecule has 3 aromatic rings. The highest BCUT2D eigenvalue weighted by molar-refractivity contribution is 9.10. The molecule has 0 bridgehead atoms. The molecular weight excluding hydrogens is 454 g/mol. The van der Waals surface area contributed by atoms with Crippen LogP contribution in [0.2, 0.25) is 5.02 Å². The normalized spacial score (nSPS) is 18.3. The first-order valence-corrected chi connectivity index (χ1v) is 10.0. The minimum absolute atomic E-state index is 0.0449. The van der Waals surface area contributed by atoms with Crippen LogP contribution in [0.25, 0.3) is 5.76 Å². The Kier molecular flexibility index (Phi) is 5.26. The van der Waals surface area contributed by atoms with E-state index >= 15 is 0 Å². The molecule has 144 valence electrons. The number of ketones is 1. The van der Waals surface area contributed by atoms with Crippen LogP contribution in [0.1, 0.15) is 17.2 Å². The molecule has 0 saturated carbocycles. The van der Waals surface area contributed by atoms with Gasteiger partial charge in [0.05, 0.1) is 11.6 Å². The lowest BCUT2D eigenvalue weighted by molar-refractivity contribution is -0.132. The van der Waals surface area contributed by atoms with Crippen molar-refractivity contribution in [2.24, 2.45) is 0 Å². The monoisotopic (exact) mass is 467 g/mol. The van der Waals surface area contributed by atoms with Crippen molar-refractivity contribution in [2.75, 3.05) is 4.90 Å². The Balaban J connectivity index is 1.96. The van der Waals surface area contributed by atoms with Gasteiger partial charge < -0.3 is 5.11 Å². The molecule has 0 unspecified atom stereocenters. The molecule has 4 nitrogen and oxygen atoms in total. The first-order chi connectivity index (χ1) is 14.0. The number of carbonyl (C=O) groups is 2. The van der Waals surface area contributed by atoms with E-state index in [4.69, 9.17) is 11.6 Å². The number of carbonyl (C=O) groups excluding carboxylic acids is 2. The van der Waals surface area contributed by atoms with Crippen LogP contribution in [-0.4, -0.2) is 16.8 Å². The summed E-state index contributed by atoms with van der Waals surface area (Å²) in [6.45, 7) is 0. The summed E-state index contributed by atoms with van der Waals surface area (Å²) in [6, 6.07) is 22.0. The van der Waals surface area contributed by atoms with E-state index in [9.17, 15) is 14.7 Å². The molecule has 3 aromatic carbocycles. The number of hydrogen-bond donors (Lipinski definition) is 1. The minimum atomic E-state index is -0.776. The second-order valence-electron chi connectivity index (χ2n) is 6.57. The summed E-state index contributed by atoms with van der Waals surface area (Å²) in [4.78, 5) is 27.4. The molecule has 1 amide bonds. The van der Waals surface area contributed by atoms with E-state index < -0.39 is 17.7 Å². The van der Waals surface area contributed by atoms with Crippen LogP contribution in [0.15, 0.2) is 88.9 Å². The zero-order valence-corrected chi connectivity index (χ0v) is 17.4. The highest BCUT2D eigenvalue weighted by atomic mass is 79.9. The summed E-state index contributed by atoms with van der Waals surface area (Å²) in [5.74, 6) is -1.65. The summed E-state index contributed by atoms with van der Waals surface area (Å²) in [6.07, 6.45) is 0. The first kappa shape index (κ1) is 19.4. The van der Waals surface area contributed by atoms with Crippen LogP contribution in [0.3, 0.4) is 0 Å². The van der Waals surface area contributed by atoms with E-state index in [0.717, 1.165) is 4.47 Å². The fraction of sp³-hybridized carbons (Fsp3) is 0.0435. The molecule has 0 spiro atoms. The fourth-order valence-electron chi connectivity index (χ4n) is 3.44. The molecule has 1 N–H and O–H groups in total. The number of nitrogens with zero attached hydrogens (tertiary/aromatic N) is 1. The van der Waals surface area contributed by atoms with Gasteiger partial charge in [-0.3, -0.25) is 14.5 Å². The van der Waals surface area contributed by atoms with Crippen LogP contribution >= 0.6 is 27.5 Å². The fourth-order valence-corrected chi connectivity index (χ4v) is 3.89. The Morgan fingerprint density at radius 3 is 2.28 bits per heavy atom. The molecule has 0 radical (unpaired) electrons. The van der Waals surface area contributed by atoms with Gasteiger partial charge in [0.25, 0.3) is 11.7 Å². The number of amides is 1.